The van der Waals surface area contributed by atoms with E-state index in [1.807, 2.05) is 6.92 Å². The maximum atomic E-state index is 12.7. The van der Waals surface area contributed by atoms with Crippen molar-refractivity contribution in [3.05, 3.63) is 35.4 Å². The zero-order valence-electron chi connectivity index (χ0n) is 11.3. The number of halogens is 3. The van der Waals surface area contributed by atoms with Crippen LogP contribution in [0.2, 0.25) is 0 Å². The molecule has 0 aromatic heterocycles. The van der Waals surface area contributed by atoms with E-state index in [2.05, 4.69) is 12.2 Å². The summed E-state index contributed by atoms with van der Waals surface area (Å²) < 4.78 is 38.0. The molecule has 0 radical (unpaired) electrons. The van der Waals surface area contributed by atoms with Gasteiger partial charge in [0, 0.05) is 12.1 Å². The van der Waals surface area contributed by atoms with Crippen molar-refractivity contribution in [1.82, 2.24) is 5.32 Å². The molecule has 0 spiro atoms. The highest BCUT2D eigenvalue weighted by Crippen LogP contribution is 2.32. The van der Waals surface area contributed by atoms with Crippen molar-refractivity contribution in [1.29, 1.82) is 0 Å². The second-order valence-electron chi connectivity index (χ2n) is 5.49. The van der Waals surface area contributed by atoms with Crippen LogP contribution < -0.4 is 5.32 Å². The van der Waals surface area contributed by atoms with Crippen LogP contribution in [0.1, 0.15) is 50.3 Å². The normalized spacial score (nSPS) is 19.8. The molecule has 1 N–H and O–H groups in total. The third-order valence-corrected chi connectivity index (χ3v) is 4.08. The van der Waals surface area contributed by atoms with Crippen LogP contribution in [0.3, 0.4) is 0 Å². The summed E-state index contributed by atoms with van der Waals surface area (Å²) in [6.45, 7) is 4.04. The van der Waals surface area contributed by atoms with Crippen LogP contribution in [0, 0.1) is 5.92 Å². The molecule has 2 unspecified atom stereocenters. The summed E-state index contributed by atoms with van der Waals surface area (Å²) >= 11 is 0. The number of rotatable bonds is 4. The molecular weight excluding hydrogens is 251 g/mol. The topological polar surface area (TPSA) is 12.0 Å². The fraction of sp³-hybridized carbons (Fsp3) is 0.600. The van der Waals surface area contributed by atoms with Crippen LogP contribution in [0.25, 0.3) is 0 Å². The SMILES string of the molecule is CC(NC(C)C1CCC1)c1cccc(C(F)(F)F)c1. The van der Waals surface area contributed by atoms with Crippen molar-refractivity contribution in [2.75, 3.05) is 0 Å². The van der Waals surface area contributed by atoms with Gasteiger partial charge in [-0.1, -0.05) is 18.6 Å². The molecule has 0 aliphatic heterocycles. The number of benzene rings is 1. The highest BCUT2D eigenvalue weighted by molar-refractivity contribution is 5.27. The van der Waals surface area contributed by atoms with Gasteiger partial charge in [0.2, 0.25) is 0 Å². The van der Waals surface area contributed by atoms with Crippen molar-refractivity contribution in [2.24, 2.45) is 5.92 Å². The van der Waals surface area contributed by atoms with Gasteiger partial charge in [0.05, 0.1) is 5.56 Å². The smallest absolute Gasteiger partial charge is 0.307 e. The third-order valence-electron chi connectivity index (χ3n) is 4.08. The first-order valence-electron chi connectivity index (χ1n) is 6.81. The molecule has 1 saturated carbocycles. The van der Waals surface area contributed by atoms with Crippen LogP contribution in [0.5, 0.6) is 0 Å². The molecule has 0 amide bonds. The minimum atomic E-state index is -4.27. The van der Waals surface area contributed by atoms with E-state index < -0.39 is 11.7 Å². The van der Waals surface area contributed by atoms with Gasteiger partial charge in [-0.25, -0.2) is 0 Å². The molecule has 1 aromatic rings. The van der Waals surface area contributed by atoms with Crippen molar-refractivity contribution in [2.45, 2.75) is 51.4 Å². The summed E-state index contributed by atoms with van der Waals surface area (Å²) in [7, 11) is 0. The molecule has 1 aliphatic carbocycles. The zero-order chi connectivity index (χ0) is 14.0. The molecule has 1 fully saturated rings. The van der Waals surface area contributed by atoms with Crippen LogP contribution in [0.15, 0.2) is 24.3 Å². The summed E-state index contributed by atoms with van der Waals surface area (Å²) in [5.74, 6) is 0.674. The first kappa shape index (κ1) is 14.4. The molecule has 0 heterocycles. The van der Waals surface area contributed by atoms with Gasteiger partial charge in [-0.05, 0) is 50.3 Å². The Bertz CT molecular complexity index is 424. The van der Waals surface area contributed by atoms with Gasteiger partial charge in [-0.15, -0.1) is 0 Å². The van der Waals surface area contributed by atoms with Crippen molar-refractivity contribution in [3.8, 4) is 0 Å². The van der Waals surface area contributed by atoms with Gasteiger partial charge < -0.3 is 5.32 Å². The molecule has 0 saturated heterocycles. The lowest BCUT2D eigenvalue weighted by Gasteiger charge is -2.34. The Labute approximate surface area is 112 Å². The predicted molar refractivity (Wildman–Crippen MR) is 69.8 cm³/mol. The highest BCUT2D eigenvalue weighted by atomic mass is 19.4. The predicted octanol–water partition coefficient (Wildman–Crippen LogP) is 4.54. The molecular formula is C15H20F3N. The van der Waals surface area contributed by atoms with E-state index in [-0.39, 0.29) is 6.04 Å². The van der Waals surface area contributed by atoms with Crippen molar-refractivity contribution >= 4 is 0 Å². The summed E-state index contributed by atoms with van der Waals surface area (Å²) in [6.07, 6.45) is -0.545. The Morgan fingerprint density at radius 1 is 1.21 bits per heavy atom. The lowest BCUT2D eigenvalue weighted by Crippen LogP contribution is -2.38. The maximum absolute atomic E-state index is 12.7. The van der Waals surface area contributed by atoms with Gasteiger partial charge in [0.15, 0.2) is 0 Å². The number of hydrogen-bond acceptors (Lipinski definition) is 1. The Morgan fingerprint density at radius 3 is 2.42 bits per heavy atom. The van der Waals surface area contributed by atoms with Gasteiger partial charge in [-0.2, -0.15) is 13.2 Å². The molecule has 106 valence electrons. The van der Waals surface area contributed by atoms with Gasteiger partial charge >= 0.3 is 6.18 Å². The number of hydrogen-bond donors (Lipinski definition) is 1. The molecule has 4 heteroatoms. The Kier molecular flexibility index (Phi) is 4.19. The van der Waals surface area contributed by atoms with Crippen LogP contribution in [-0.4, -0.2) is 6.04 Å². The maximum Gasteiger partial charge on any atom is 0.416 e. The number of alkyl halides is 3. The second kappa shape index (κ2) is 5.53. The molecule has 19 heavy (non-hydrogen) atoms. The minimum absolute atomic E-state index is 0.0575. The van der Waals surface area contributed by atoms with E-state index in [0.717, 1.165) is 6.07 Å². The average Bonchev–Trinajstić information content (AvgIpc) is 2.25. The van der Waals surface area contributed by atoms with E-state index >= 15 is 0 Å². The van der Waals surface area contributed by atoms with E-state index in [0.29, 0.717) is 17.5 Å². The van der Waals surface area contributed by atoms with E-state index in [4.69, 9.17) is 0 Å². The average molecular weight is 271 g/mol. The summed E-state index contributed by atoms with van der Waals surface area (Å²) in [6, 6.07) is 5.89. The molecule has 1 aromatic carbocycles. The Morgan fingerprint density at radius 2 is 1.89 bits per heavy atom. The van der Waals surface area contributed by atoms with E-state index in [1.54, 1.807) is 6.07 Å². The van der Waals surface area contributed by atoms with Crippen molar-refractivity contribution < 1.29 is 13.2 Å². The Balaban J connectivity index is 2.04. The van der Waals surface area contributed by atoms with Gasteiger partial charge in [0.1, 0.15) is 0 Å². The first-order valence-corrected chi connectivity index (χ1v) is 6.81. The highest BCUT2D eigenvalue weighted by Gasteiger charge is 2.31. The lowest BCUT2D eigenvalue weighted by molar-refractivity contribution is -0.137. The molecule has 2 atom stereocenters. The summed E-state index contributed by atoms with van der Waals surface area (Å²) in [5, 5.41) is 3.41. The van der Waals surface area contributed by atoms with Crippen LogP contribution >= 0.6 is 0 Å². The van der Waals surface area contributed by atoms with Gasteiger partial charge in [0.25, 0.3) is 0 Å². The van der Waals surface area contributed by atoms with Crippen LogP contribution in [-0.2, 0) is 6.18 Å². The first-order chi connectivity index (χ1) is 8.88. The molecule has 1 aliphatic rings. The van der Waals surface area contributed by atoms with E-state index in [9.17, 15) is 13.2 Å². The quantitative estimate of drug-likeness (QED) is 0.847. The van der Waals surface area contributed by atoms with Crippen molar-refractivity contribution in [3.63, 3.8) is 0 Å². The minimum Gasteiger partial charge on any atom is -0.307 e. The fourth-order valence-corrected chi connectivity index (χ4v) is 2.55. The zero-order valence-corrected chi connectivity index (χ0v) is 11.3. The fourth-order valence-electron chi connectivity index (χ4n) is 2.55. The molecule has 0 bridgehead atoms. The Hall–Kier alpha value is -1.03. The summed E-state index contributed by atoms with van der Waals surface area (Å²) in [4.78, 5) is 0. The van der Waals surface area contributed by atoms with Crippen LogP contribution in [0.4, 0.5) is 13.2 Å². The lowest BCUT2D eigenvalue weighted by atomic mass is 9.80. The summed E-state index contributed by atoms with van der Waals surface area (Å²) in [5.41, 5.74) is 0.121. The molecule has 2 rings (SSSR count). The van der Waals surface area contributed by atoms with E-state index in [1.165, 1.54) is 31.4 Å². The monoisotopic (exact) mass is 271 g/mol. The number of nitrogens with one attached hydrogen (secondary N) is 1. The molecule has 1 nitrogen and oxygen atoms in total. The largest absolute Gasteiger partial charge is 0.416 e. The second-order valence-corrected chi connectivity index (χ2v) is 5.49. The standard InChI is InChI=1S/C15H20F3N/c1-10(12-5-3-6-12)19-11(2)13-7-4-8-14(9-13)15(16,17)18/h4,7-12,19H,3,5-6H2,1-2H3. The van der Waals surface area contributed by atoms with Gasteiger partial charge in [-0.3, -0.25) is 0 Å². The third kappa shape index (κ3) is 3.50.